The molecule has 2 N–H and O–H groups in total. The molecule has 1 aliphatic heterocycles. The first-order valence-electron chi connectivity index (χ1n) is 3.30. The summed E-state index contributed by atoms with van der Waals surface area (Å²) in [7, 11) is 1.26. The number of carbonyl (C=O) groups excluding carboxylic acids is 2. The Kier molecular flexibility index (Phi) is 1.98. The summed E-state index contributed by atoms with van der Waals surface area (Å²) in [6, 6.07) is -0.427. The second kappa shape index (κ2) is 2.77. The highest BCUT2D eigenvalue weighted by Gasteiger charge is 2.37. The molecule has 11 heavy (non-hydrogen) atoms. The molecule has 1 aliphatic rings. The molecule has 0 bridgehead atoms. The van der Waals surface area contributed by atoms with Gasteiger partial charge in [0.05, 0.1) is 13.2 Å². The zero-order valence-corrected chi connectivity index (χ0v) is 6.38. The number of ether oxygens (including phenoxy) is 1. The van der Waals surface area contributed by atoms with Crippen LogP contribution in [-0.2, 0) is 9.53 Å². The number of methoxy groups -OCH3 is 1. The van der Waals surface area contributed by atoms with Crippen molar-refractivity contribution in [3.8, 4) is 0 Å². The Morgan fingerprint density at radius 3 is 2.73 bits per heavy atom. The molecule has 0 aromatic heterocycles. The molecule has 1 heterocycles. The molecule has 0 radical (unpaired) electrons. The van der Waals surface area contributed by atoms with Gasteiger partial charge in [0.1, 0.15) is 6.04 Å². The van der Waals surface area contributed by atoms with Crippen molar-refractivity contribution < 1.29 is 14.3 Å². The van der Waals surface area contributed by atoms with Crippen LogP contribution in [0.15, 0.2) is 0 Å². The Bertz CT molecular complexity index is 192. The topological polar surface area (TPSA) is 67.4 Å². The van der Waals surface area contributed by atoms with E-state index in [0.29, 0.717) is 0 Å². The van der Waals surface area contributed by atoms with Crippen molar-refractivity contribution >= 4 is 12.0 Å². The second-order valence-electron chi connectivity index (χ2n) is 2.41. The van der Waals surface area contributed by atoms with Crippen LogP contribution in [0.1, 0.15) is 6.92 Å². The summed E-state index contributed by atoms with van der Waals surface area (Å²) in [5.74, 6) is -0.164. The summed E-state index contributed by atoms with van der Waals surface area (Å²) in [5.41, 5.74) is 0. The predicted octanol–water partition coefficient (Wildman–Crippen LogP) is -0.771. The van der Waals surface area contributed by atoms with Gasteiger partial charge in [0, 0.05) is 0 Å². The van der Waals surface area contributed by atoms with Crippen molar-refractivity contribution in [3.05, 3.63) is 0 Å². The molecular formula is C6H10N2O3. The van der Waals surface area contributed by atoms with Crippen LogP contribution in [0.2, 0.25) is 0 Å². The van der Waals surface area contributed by atoms with E-state index in [1.165, 1.54) is 7.11 Å². The molecule has 0 aliphatic carbocycles. The van der Waals surface area contributed by atoms with Crippen molar-refractivity contribution in [1.82, 2.24) is 10.6 Å². The van der Waals surface area contributed by atoms with Gasteiger partial charge in [0.2, 0.25) is 5.91 Å². The number of carbonyl (C=O) groups is 2. The maximum absolute atomic E-state index is 10.7. The van der Waals surface area contributed by atoms with E-state index in [-0.39, 0.29) is 11.9 Å². The molecular weight excluding hydrogens is 148 g/mol. The first kappa shape index (κ1) is 7.84. The lowest BCUT2D eigenvalue weighted by molar-refractivity contribution is -0.130. The minimum atomic E-state index is -0.572. The van der Waals surface area contributed by atoms with E-state index in [1.807, 2.05) is 6.92 Å². The van der Waals surface area contributed by atoms with E-state index in [0.717, 1.165) is 0 Å². The van der Waals surface area contributed by atoms with E-state index in [2.05, 4.69) is 15.4 Å². The first-order chi connectivity index (χ1) is 5.15. The summed E-state index contributed by atoms with van der Waals surface area (Å²) in [6.07, 6.45) is -0.572. The normalized spacial score (nSPS) is 28.4. The number of hydrogen-bond donors (Lipinski definition) is 2. The lowest BCUT2D eigenvalue weighted by Gasteiger charge is -2.33. The van der Waals surface area contributed by atoms with E-state index < -0.39 is 12.1 Å². The Hall–Kier alpha value is -1.26. The molecule has 0 aromatic rings. The Morgan fingerprint density at radius 1 is 1.73 bits per heavy atom. The Labute approximate surface area is 64.1 Å². The summed E-state index contributed by atoms with van der Waals surface area (Å²) in [5, 5.41) is 4.97. The van der Waals surface area contributed by atoms with Crippen molar-refractivity contribution in [2.45, 2.75) is 19.0 Å². The number of hydrogen-bond acceptors (Lipinski definition) is 3. The van der Waals surface area contributed by atoms with Crippen molar-refractivity contribution in [1.29, 1.82) is 0 Å². The maximum Gasteiger partial charge on any atom is 0.407 e. The fourth-order valence-corrected chi connectivity index (χ4v) is 0.905. The monoisotopic (exact) mass is 158 g/mol. The number of nitrogens with one attached hydrogen (secondary N) is 2. The van der Waals surface area contributed by atoms with Gasteiger partial charge in [-0.25, -0.2) is 4.79 Å². The largest absolute Gasteiger partial charge is 0.453 e. The van der Waals surface area contributed by atoms with Crippen LogP contribution in [0.25, 0.3) is 0 Å². The lowest BCUT2D eigenvalue weighted by Crippen LogP contribution is -2.67. The fraction of sp³-hybridized carbons (Fsp3) is 0.667. The molecule has 2 atom stereocenters. The molecule has 5 nitrogen and oxygen atoms in total. The third-order valence-corrected chi connectivity index (χ3v) is 1.61. The molecule has 5 heteroatoms. The molecule has 1 saturated heterocycles. The van der Waals surface area contributed by atoms with Gasteiger partial charge < -0.3 is 15.4 Å². The van der Waals surface area contributed by atoms with Gasteiger partial charge in [-0.3, -0.25) is 4.79 Å². The van der Waals surface area contributed by atoms with E-state index in [1.54, 1.807) is 0 Å². The predicted molar refractivity (Wildman–Crippen MR) is 36.9 cm³/mol. The number of β-lactam (4-membered cyclic amide) rings is 1. The highest BCUT2D eigenvalue weighted by Crippen LogP contribution is 2.04. The molecule has 0 spiro atoms. The van der Waals surface area contributed by atoms with Crippen LogP contribution in [0.5, 0.6) is 0 Å². The number of amides is 2. The molecule has 1 fully saturated rings. The highest BCUT2D eigenvalue weighted by atomic mass is 16.5. The molecule has 0 unspecified atom stereocenters. The number of alkyl carbamates (subject to hydrolysis) is 1. The van der Waals surface area contributed by atoms with Crippen molar-refractivity contribution in [3.63, 3.8) is 0 Å². The molecule has 0 aromatic carbocycles. The van der Waals surface area contributed by atoms with Crippen LogP contribution in [0, 0.1) is 0 Å². The SMILES string of the molecule is COC(=O)N[C@@H]1C(=O)N[C@H]1C. The fourth-order valence-electron chi connectivity index (χ4n) is 0.905. The quantitative estimate of drug-likeness (QED) is 0.492. The lowest BCUT2D eigenvalue weighted by atomic mass is 10.0. The van der Waals surface area contributed by atoms with Gasteiger partial charge in [-0.1, -0.05) is 0 Å². The van der Waals surface area contributed by atoms with Crippen molar-refractivity contribution in [2.75, 3.05) is 7.11 Å². The van der Waals surface area contributed by atoms with Gasteiger partial charge in [-0.05, 0) is 6.92 Å². The van der Waals surface area contributed by atoms with E-state index in [9.17, 15) is 9.59 Å². The maximum atomic E-state index is 10.7. The zero-order valence-electron chi connectivity index (χ0n) is 6.38. The number of rotatable bonds is 1. The minimum absolute atomic E-state index is 0.00148. The van der Waals surface area contributed by atoms with Crippen LogP contribution in [0.3, 0.4) is 0 Å². The standard InChI is InChI=1S/C6H10N2O3/c1-3-4(5(9)7-3)8-6(10)11-2/h3-4H,1-2H3,(H,7,9)(H,8,10)/t3-,4-/m0/s1. The smallest absolute Gasteiger partial charge is 0.407 e. The Morgan fingerprint density at radius 2 is 2.36 bits per heavy atom. The minimum Gasteiger partial charge on any atom is -0.453 e. The van der Waals surface area contributed by atoms with Gasteiger partial charge in [-0.15, -0.1) is 0 Å². The van der Waals surface area contributed by atoms with Crippen molar-refractivity contribution in [2.24, 2.45) is 0 Å². The van der Waals surface area contributed by atoms with Crippen LogP contribution >= 0.6 is 0 Å². The summed E-state index contributed by atoms with van der Waals surface area (Å²) >= 11 is 0. The molecule has 1 rings (SSSR count). The third-order valence-electron chi connectivity index (χ3n) is 1.61. The average molecular weight is 158 g/mol. The van der Waals surface area contributed by atoms with E-state index in [4.69, 9.17) is 0 Å². The molecule has 2 amide bonds. The van der Waals surface area contributed by atoms with Crippen LogP contribution in [-0.4, -0.2) is 31.2 Å². The third kappa shape index (κ3) is 1.42. The van der Waals surface area contributed by atoms with Gasteiger partial charge in [-0.2, -0.15) is 0 Å². The second-order valence-corrected chi connectivity index (χ2v) is 2.41. The van der Waals surface area contributed by atoms with Gasteiger partial charge in [0.25, 0.3) is 0 Å². The van der Waals surface area contributed by atoms with E-state index >= 15 is 0 Å². The van der Waals surface area contributed by atoms with Crippen LogP contribution in [0.4, 0.5) is 4.79 Å². The summed E-state index contributed by atoms with van der Waals surface area (Å²) in [4.78, 5) is 21.3. The van der Waals surface area contributed by atoms with Crippen LogP contribution < -0.4 is 10.6 Å². The van der Waals surface area contributed by atoms with Gasteiger partial charge in [0.15, 0.2) is 0 Å². The Balaban J connectivity index is 2.37. The average Bonchev–Trinajstić information content (AvgIpc) is 2.00. The van der Waals surface area contributed by atoms with Gasteiger partial charge >= 0.3 is 6.09 Å². The summed E-state index contributed by atoms with van der Waals surface area (Å²) in [6.45, 7) is 1.81. The highest BCUT2D eigenvalue weighted by molar-refractivity contribution is 5.91. The zero-order chi connectivity index (χ0) is 8.43. The summed E-state index contributed by atoms with van der Waals surface area (Å²) < 4.78 is 4.32. The molecule has 62 valence electrons. The first-order valence-corrected chi connectivity index (χ1v) is 3.30. The molecule has 0 saturated carbocycles.